The van der Waals surface area contributed by atoms with Gasteiger partial charge in [0.05, 0.1) is 17.5 Å². The Morgan fingerprint density at radius 1 is 1.03 bits per heavy atom. The number of amides is 1. The Labute approximate surface area is 206 Å². The first-order valence-corrected chi connectivity index (χ1v) is 12.6. The molecule has 2 aliphatic rings. The zero-order valence-corrected chi connectivity index (χ0v) is 20.7. The van der Waals surface area contributed by atoms with E-state index in [1.54, 1.807) is 16.9 Å². The molecule has 1 fully saturated rings. The number of nitrogens with one attached hydrogen (secondary N) is 1. The summed E-state index contributed by atoms with van der Waals surface area (Å²) in [5.41, 5.74) is 3.68. The van der Waals surface area contributed by atoms with E-state index in [1.807, 2.05) is 0 Å². The van der Waals surface area contributed by atoms with Crippen molar-refractivity contribution in [2.24, 2.45) is 5.41 Å². The van der Waals surface area contributed by atoms with Crippen LogP contribution in [0.25, 0.3) is 5.65 Å². The topological polar surface area (TPSA) is 82.8 Å². The molecular weight excluding hydrogens is 440 g/mol. The molecule has 8 heteroatoms. The van der Waals surface area contributed by atoms with E-state index < -0.39 is 0 Å². The molecule has 0 unspecified atom stereocenters. The van der Waals surface area contributed by atoms with E-state index in [2.05, 4.69) is 69.4 Å². The molecule has 0 radical (unpaired) electrons. The zero-order valence-electron chi connectivity index (χ0n) is 20.7. The predicted molar refractivity (Wildman–Crippen MR) is 135 cm³/mol. The number of carbonyl (C=O) groups excluding carboxylic acids is 2. The number of fused-ring (bicyclic) bond motifs is 3. The van der Waals surface area contributed by atoms with E-state index in [-0.39, 0.29) is 17.1 Å². The molecule has 1 aliphatic heterocycles. The third kappa shape index (κ3) is 5.28. The number of benzene rings is 1. The highest BCUT2D eigenvalue weighted by Gasteiger charge is 2.33. The van der Waals surface area contributed by atoms with Gasteiger partial charge in [-0.15, -0.1) is 0 Å². The molecule has 35 heavy (non-hydrogen) atoms. The maximum Gasteiger partial charge on any atom is 0.256 e. The summed E-state index contributed by atoms with van der Waals surface area (Å²) in [6, 6.07) is 10.6. The molecule has 1 N–H and O–H groups in total. The Hall–Kier alpha value is -3.10. The van der Waals surface area contributed by atoms with E-state index in [0.29, 0.717) is 29.7 Å². The van der Waals surface area contributed by atoms with Crippen LogP contribution in [0.15, 0.2) is 42.7 Å². The standard InChI is InChI=1S/C27H34N6O2/c1-27(2)15-23-21(24(34)16-27)17-29-25-22(18-30-33(23)25)26(35)28-9-6-10-31-11-13-32(14-12-31)19-20-7-4-3-5-8-20/h3-5,7-8,17-18H,6,9-16,19H2,1-2H3,(H,28,35). The van der Waals surface area contributed by atoms with Gasteiger partial charge in [-0.1, -0.05) is 44.2 Å². The summed E-state index contributed by atoms with van der Waals surface area (Å²) in [4.78, 5) is 34.8. The number of piperazine rings is 1. The van der Waals surface area contributed by atoms with E-state index in [0.717, 1.165) is 57.8 Å². The van der Waals surface area contributed by atoms with Gasteiger partial charge >= 0.3 is 0 Å². The van der Waals surface area contributed by atoms with Crippen LogP contribution in [0.2, 0.25) is 0 Å². The van der Waals surface area contributed by atoms with Crippen molar-refractivity contribution in [2.75, 3.05) is 39.3 Å². The van der Waals surface area contributed by atoms with Crippen LogP contribution in [0.3, 0.4) is 0 Å². The molecule has 5 rings (SSSR count). The van der Waals surface area contributed by atoms with Crippen LogP contribution in [0.1, 0.15) is 58.7 Å². The summed E-state index contributed by atoms with van der Waals surface area (Å²) in [7, 11) is 0. The number of Topliss-reactive ketones (excluding diaryl/α,β-unsaturated/α-hetero) is 1. The molecule has 1 aromatic carbocycles. The Balaban J connectivity index is 1.11. The van der Waals surface area contributed by atoms with Gasteiger partial charge in [0.2, 0.25) is 0 Å². The summed E-state index contributed by atoms with van der Waals surface area (Å²) in [6.07, 6.45) is 5.31. The largest absolute Gasteiger partial charge is 0.352 e. The van der Waals surface area contributed by atoms with Gasteiger partial charge in [-0.2, -0.15) is 5.10 Å². The van der Waals surface area contributed by atoms with Crippen LogP contribution in [0.5, 0.6) is 0 Å². The molecule has 2 aromatic heterocycles. The minimum atomic E-state index is -0.165. The molecule has 8 nitrogen and oxygen atoms in total. The molecule has 1 saturated heterocycles. The van der Waals surface area contributed by atoms with Crippen LogP contribution in [0.4, 0.5) is 0 Å². The first kappa shape index (κ1) is 23.6. The molecule has 0 saturated carbocycles. The van der Waals surface area contributed by atoms with Crippen molar-refractivity contribution in [3.63, 3.8) is 0 Å². The molecule has 1 aliphatic carbocycles. The minimum absolute atomic E-state index is 0.0908. The fourth-order valence-electron chi connectivity index (χ4n) is 5.20. The average Bonchev–Trinajstić information content (AvgIpc) is 3.28. The van der Waals surface area contributed by atoms with Crippen molar-refractivity contribution >= 4 is 17.3 Å². The van der Waals surface area contributed by atoms with Crippen LogP contribution >= 0.6 is 0 Å². The highest BCUT2D eigenvalue weighted by molar-refractivity contribution is 6.01. The fraction of sp³-hybridized carbons (Fsp3) is 0.481. The fourth-order valence-corrected chi connectivity index (χ4v) is 5.20. The highest BCUT2D eigenvalue weighted by Crippen LogP contribution is 2.34. The average molecular weight is 475 g/mol. The number of rotatable bonds is 7. The lowest BCUT2D eigenvalue weighted by atomic mass is 9.76. The van der Waals surface area contributed by atoms with Crippen molar-refractivity contribution in [1.82, 2.24) is 29.7 Å². The quantitative estimate of drug-likeness (QED) is 0.531. The zero-order chi connectivity index (χ0) is 24.4. The molecule has 1 amide bonds. The van der Waals surface area contributed by atoms with Gasteiger partial charge in [-0.25, -0.2) is 9.50 Å². The summed E-state index contributed by atoms with van der Waals surface area (Å²) in [5.74, 6) is -0.0745. The second-order valence-corrected chi connectivity index (χ2v) is 10.6. The number of nitrogens with zero attached hydrogens (tertiary/aromatic N) is 5. The molecule has 0 spiro atoms. The van der Waals surface area contributed by atoms with Crippen molar-refractivity contribution in [3.05, 3.63) is 65.1 Å². The van der Waals surface area contributed by atoms with Crippen molar-refractivity contribution < 1.29 is 9.59 Å². The summed E-state index contributed by atoms with van der Waals surface area (Å²) in [5, 5.41) is 7.45. The van der Waals surface area contributed by atoms with Crippen molar-refractivity contribution in [2.45, 2.75) is 39.7 Å². The predicted octanol–water partition coefficient (Wildman–Crippen LogP) is 2.82. The second-order valence-electron chi connectivity index (χ2n) is 10.6. The van der Waals surface area contributed by atoms with Crippen molar-refractivity contribution in [1.29, 1.82) is 0 Å². The van der Waals surface area contributed by atoms with Gasteiger partial charge in [-0.05, 0) is 30.4 Å². The first-order valence-electron chi connectivity index (χ1n) is 12.6. The monoisotopic (exact) mass is 474 g/mol. The smallest absolute Gasteiger partial charge is 0.256 e. The lowest BCUT2D eigenvalue weighted by Crippen LogP contribution is -2.46. The van der Waals surface area contributed by atoms with E-state index in [1.165, 1.54) is 5.56 Å². The Bertz CT molecular complexity index is 1210. The van der Waals surface area contributed by atoms with Crippen LogP contribution in [-0.4, -0.2) is 75.4 Å². The van der Waals surface area contributed by atoms with Gasteiger partial charge in [0.25, 0.3) is 5.91 Å². The lowest BCUT2D eigenvalue weighted by Gasteiger charge is -2.34. The second kappa shape index (κ2) is 9.87. The number of aromatic nitrogens is 3. The molecule has 0 bridgehead atoms. The molecular formula is C27H34N6O2. The molecule has 3 heterocycles. The van der Waals surface area contributed by atoms with Crippen molar-refractivity contribution in [3.8, 4) is 0 Å². The number of hydrogen-bond donors (Lipinski definition) is 1. The Morgan fingerprint density at radius 3 is 2.54 bits per heavy atom. The SMILES string of the molecule is CC1(C)CC(=O)c2cnc3c(C(=O)NCCCN4CCN(Cc5ccccc5)CC4)cnn3c2C1. The number of ketones is 1. The van der Waals surface area contributed by atoms with Gasteiger partial charge in [-0.3, -0.25) is 14.5 Å². The first-order chi connectivity index (χ1) is 16.9. The van der Waals surface area contributed by atoms with Crippen LogP contribution in [0, 0.1) is 5.41 Å². The van der Waals surface area contributed by atoms with Gasteiger partial charge in [0, 0.05) is 51.9 Å². The summed E-state index contributed by atoms with van der Waals surface area (Å²) in [6.45, 7) is 11.0. The summed E-state index contributed by atoms with van der Waals surface area (Å²) >= 11 is 0. The number of hydrogen-bond acceptors (Lipinski definition) is 6. The summed E-state index contributed by atoms with van der Waals surface area (Å²) < 4.78 is 1.68. The highest BCUT2D eigenvalue weighted by atomic mass is 16.1. The molecule has 184 valence electrons. The maximum atomic E-state index is 12.9. The Kier molecular flexibility index (Phi) is 6.67. The minimum Gasteiger partial charge on any atom is -0.352 e. The molecule has 0 atom stereocenters. The lowest BCUT2D eigenvalue weighted by molar-refractivity contribution is 0.0907. The van der Waals surface area contributed by atoms with Gasteiger partial charge in [0.1, 0.15) is 5.56 Å². The van der Waals surface area contributed by atoms with Gasteiger partial charge < -0.3 is 10.2 Å². The Morgan fingerprint density at radius 2 is 1.77 bits per heavy atom. The third-order valence-electron chi connectivity index (χ3n) is 7.11. The van der Waals surface area contributed by atoms with E-state index >= 15 is 0 Å². The van der Waals surface area contributed by atoms with E-state index in [4.69, 9.17) is 0 Å². The van der Waals surface area contributed by atoms with E-state index in [9.17, 15) is 9.59 Å². The van der Waals surface area contributed by atoms with Crippen LogP contribution < -0.4 is 5.32 Å². The maximum absolute atomic E-state index is 12.9. The van der Waals surface area contributed by atoms with Gasteiger partial charge in [0.15, 0.2) is 11.4 Å². The molecule has 3 aromatic rings. The third-order valence-corrected chi connectivity index (χ3v) is 7.11. The van der Waals surface area contributed by atoms with Crippen LogP contribution in [-0.2, 0) is 13.0 Å². The normalized spacial score (nSPS) is 18.5. The number of carbonyl (C=O) groups is 2.